The Morgan fingerprint density at radius 3 is 2.76 bits per heavy atom. The van der Waals surface area contributed by atoms with Gasteiger partial charge in [0, 0.05) is 23.5 Å². The highest BCUT2D eigenvalue weighted by Gasteiger charge is 2.18. The molecule has 0 saturated heterocycles. The van der Waals surface area contributed by atoms with Crippen molar-refractivity contribution in [3.63, 3.8) is 0 Å². The maximum atomic E-state index is 11.9. The lowest BCUT2D eigenvalue weighted by Crippen LogP contribution is -2.43. The van der Waals surface area contributed by atoms with Gasteiger partial charge in [-0.1, -0.05) is 18.7 Å². The second-order valence-electron chi connectivity index (χ2n) is 5.28. The summed E-state index contributed by atoms with van der Waals surface area (Å²) >= 11 is 1.31. The Labute approximate surface area is 128 Å². The van der Waals surface area contributed by atoms with E-state index in [1.807, 2.05) is 32.9 Å². The summed E-state index contributed by atoms with van der Waals surface area (Å²) in [5.74, 6) is 0.966. The molecule has 0 unspecified atom stereocenters. The lowest BCUT2D eigenvalue weighted by atomic mass is 10.0. The Hall–Kier alpha value is -1.89. The highest BCUT2D eigenvalue weighted by Crippen LogP contribution is 2.18. The standard InChI is InChI=1S/C14H19N5OS/c1-4-14(2,3)17-11(20)9-21-13-16-12(18-19-13)10-5-7-15-8-6-10/h5-8H,4,9H2,1-3H3,(H,17,20)(H,16,18,19). The van der Waals surface area contributed by atoms with Crippen LogP contribution in [0.3, 0.4) is 0 Å². The first-order chi connectivity index (χ1) is 10.00. The third-order valence-electron chi connectivity index (χ3n) is 3.11. The number of hydrogen-bond acceptors (Lipinski definition) is 5. The molecule has 2 N–H and O–H groups in total. The highest BCUT2D eigenvalue weighted by molar-refractivity contribution is 7.99. The first-order valence-corrected chi connectivity index (χ1v) is 7.75. The Bertz CT molecular complexity index is 596. The number of thioether (sulfide) groups is 1. The molecule has 0 aliphatic carbocycles. The van der Waals surface area contributed by atoms with Crippen LogP contribution in [0.2, 0.25) is 0 Å². The number of carbonyl (C=O) groups excluding carboxylic acids is 1. The zero-order valence-electron chi connectivity index (χ0n) is 12.4. The normalized spacial score (nSPS) is 11.4. The van der Waals surface area contributed by atoms with E-state index in [9.17, 15) is 4.79 Å². The molecule has 0 bridgehead atoms. The molecular weight excluding hydrogens is 286 g/mol. The SMILES string of the molecule is CCC(C)(C)NC(=O)CSc1n[nH]c(-c2ccncc2)n1. The van der Waals surface area contributed by atoms with Crippen molar-refractivity contribution in [2.24, 2.45) is 0 Å². The molecule has 2 aromatic heterocycles. The van der Waals surface area contributed by atoms with Gasteiger partial charge in [-0.25, -0.2) is 4.98 Å². The molecule has 6 nitrogen and oxygen atoms in total. The minimum Gasteiger partial charge on any atom is -0.351 e. The fourth-order valence-electron chi connectivity index (χ4n) is 1.58. The topological polar surface area (TPSA) is 83.6 Å². The van der Waals surface area contributed by atoms with Crippen molar-refractivity contribution in [1.29, 1.82) is 0 Å². The molecule has 0 spiro atoms. The number of nitrogens with zero attached hydrogens (tertiary/aromatic N) is 3. The fourth-order valence-corrected chi connectivity index (χ4v) is 2.18. The molecule has 0 aromatic carbocycles. The van der Waals surface area contributed by atoms with Gasteiger partial charge in [0.1, 0.15) is 0 Å². The minimum atomic E-state index is -0.182. The van der Waals surface area contributed by atoms with Gasteiger partial charge in [0.25, 0.3) is 0 Å². The lowest BCUT2D eigenvalue weighted by Gasteiger charge is -2.24. The van der Waals surface area contributed by atoms with E-state index in [-0.39, 0.29) is 11.4 Å². The molecule has 2 rings (SSSR count). The monoisotopic (exact) mass is 305 g/mol. The number of aromatic amines is 1. The van der Waals surface area contributed by atoms with Crippen LogP contribution in [0.15, 0.2) is 29.7 Å². The number of pyridine rings is 1. The van der Waals surface area contributed by atoms with Crippen LogP contribution in [0.25, 0.3) is 11.4 Å². The summed E-state index contributed by atoms with van der Waals surface area (Å²) in [5.41, 5.74) is 0.736. The number of hydrogen-bond donors (Lipinski definition) is 2. The number of nitrogens with one attached hydrogen (secondary N) is 2. The van der Waals surface area contributed by atoms with Crippen molar-refractivity contribution in [2.75, 3.05) is 5.75 Å². The highest BCUT2D eigenvalue weighted by atomic mass is 32.2. The van der Waals surface area contributed by atoms with Crippen LogP contribution >= 0.6 is 11.8 Å². The first-order valence-electron chi connectivity index (χ1n) is 6.77. The summed E-state index contributed by atoms with van der Waals surface area (Å²) in [4.78, 5) is 20.2. The maximum absolute atomic E-state index is 11.9. The average molecular weight is 305 g/mol. The maximum Gasteiger partial charge on any atom is 0.230 e. The van der Waals surface area contributed by atoms with Gasteiger partial charge in [0.2, 0.25) is 11.1 Å². The molecule has 0 saturated carbocycles. The summed E-state index contributed by atoms with van der Waals surface area (Å²) in [5, 5.41) is 10.5. The minimum absolute atomic E-state index is 0.0119. The van der Waals surface area contributed by atoms with Gasteiger partial charge in [0.05, 0.1) is 5.75 Å². The molecule has 0 atom stereocenters. The van der Waals surface area contributed by atoms with Crippen molar-refractivity contribution in [2.45, 2.75) is 37.9 Å². The van der Waals surface area contributed by atoms with Crippen molar-refractivity contribution in [3.8, 4) is 11.4 Å². The largest absolute Gasteiger partial charge is 0.351 e. The molecule has 0 aliphatic rings. The Balaban J connectivity index is 1.90. The fraction of sp³-hybridized carbons (Fsp3) is 0.429. The van der Waals surface area contributed by atoms with E-state index < -0.39 is 0 Å². The van der Waals surface area contributed by atoms with E-state index in [1.54, 1.807) is 12.4 Å². The summed E-state index contributed by atoms with van der Waals surface area (Å²) in [6.45, 7) is 6.05. The van der Waals surface area contributed by atoms with E-state index >= 15 is 0 Å². The third-order valence-corrected chi connectivity index (χ3v) is 3.96. The smallest absolute Gasteiger partial charge is 0.230 e. The van der Waals surface area contributed by atoms with Crippen LogP contribution < -0.4 is 5.32 Å². The molecule has 0 fully saturated rings. The van der Waals surface area contributed by atoms with Crippen LogP contribution in [0.4, 0.5) is 0 Å². The predicted molar refractivity (Wildman–Crippen MR) is 82.9 cm³/mol. The third kappa shape index (κ3) is 4.56. The molecule has 0 aliphatic heterocycles. The van der Waals surface area contributed by atoms with Crippen LogP contribution in [0, 0.1) is 0 Å². The van der Waals surface area contributed by atoms with E-state index in [0.29, 0.717) is 16.7 Å². The number of rotatable bonds is 6. The molecule has 7 heteroatoms. The summed E-state index contributed by atoms with van der Waals surface area (Å²) < 4.78 is 0. The molecule has 1 amide bonds. The number of amides is 1. The molecule has 0 radical (unpaired) electrons. The van der Waals surface area contributed by atoms with Crippen molar-refractivity contribution < 1.29 is 4.79 Å². The quantitative estimate of drug-likeness (QED) is 0.800. The number of aromatic nitrogens is 4. The van der Waals surface area contributed by atoms with Crippen molar-refractivity contribution in [3.05, 3.63) is 24.5 Å². The Morgan fingerprint density at radius 2 is 2.10 bits per heavy atom. The van der Waals surface area contributed by atoms with Crippen LogP contribution in [0.1, 0.15) is 27.2 Å². The second-order valence-corrected chi connectivity index (χ2v) is 6.22. The van der Waals surface area contributed by atoms with Crippen molar-refractivity contribution >= 4 is 17.7 Å². The molecule has 2 aromatic rings. The first kappa shape index (κ1) is 15.5. The van der Waals surface area contributed by atoms with Gasteiger partial charge in [-0.2, -0.15) is 0 Å². The molecular formula is C14H19N5OS. The average Bonchev–Trinajstić information content (AvgIpc) is 2.95. The van der Waals surface area contributed by atoms with E-state index in [1.165, 1.54) is 11.8 Å². The predicted octanol–water partition coefficient (Wildman–Crippen LogP) is 2.26. The van der Waals surface area contributed by atoms with Crippen molar-refractivity contribution in [1.82, 2.24) is 25.5 Å². The summed E-state index contributed by atoms with van der Waals surface area (Å²) in [6.07, 6.45) is 4.28. The van der Waals surface area contributed by atoms with E-state index in [4.69, 9.17) is 0 Å². The van der Waals surface area contributed by atoms with E-state index in [2.05, 4.69) is 25.5 Å². The summed E-state index contributed by atoms with van der Waals surface area (Å²) in [7, 11) is 0. The van der Waals surface area contributed by atoms with Gasteiger partial charge < -0.3 is 5.32 Å². The molecule has 2 heterocycles. The van der Waals surface area contributed by atoms with E-state index in [0.717, 1.165) is 12.0 Å². The second kappa shape index (κ2) is 6.71. The van der Waals surface area contributed by atoms with Crippen LogP contribution in [-0.2, 0) is 4.79 Å². The Kier molecular flexibility index (Phi) is 4.95. The van der Waals surface area contributed by atoms with Gasteiger partial charge >= 0.3 is 0 Å². The molecule has 21 heavy (non-hydrogen) atoms. The van der Waals surface area contributed by atoms with Gasteiger partial charge in [-0.15, -0.1) is 5.10 Å². The molecule has 112 valence electrons. The lowest BCUT2D eigenvalue weighted by molar-refractivity contribution is -0.120. The Morgan fingerprint density at radius 1 is 1.38 bits per heavy atom. The number of H-pyrrole nitrogens is 1. The number of carbonyl (C=O) groups is 1. The van der Waals surface area contributed by atoms with Crippen LogP contribution in [0.5, 0.6) is 0 Å². The van der Waals surface area contributed by atoms with Crippen LogP contribution in [-0.4, -0.2) is 37.4 Å². The zero-order chi connectivity index (χ0) is 15.3. The summed E-state index contributed by atoms with van der Waals surface area (Å²) in [6, 6.07) is 3.71. The van der Waals surface area contributed by atoms with Gasteiger partial charge in [0.15, 0.2) is 5.82 Å². The van der Waals surface area contributed by atoms with Gasteiger partial charge in [-0.3, -0.25) is 14.9 Å². The van der Waals surface area contributed by atoms with Gasteiger partial charge in [-0.05, 0) is 32.4 Å². The zero-order valence-corrected chi connectivity index (χ0v) is 13.2.